The average Bonchev–Trinajstić information content (AvgIpc) is 3.12. The molecule has 29 heavy (non-hydrogen) atoms. The number of methoxy groups -OCH3 is 1. The number of hydrogen-bond donors (Lipinski definition) is 3. The van der Waals surface area contributed by atoms with Gasteiger partial charge in [0.2, 0.25) is 0 Å². The number of H-pyrrole nitrogens is 1. The van der Waals surface area contributed by atoms with Crippen molar-refractivity contribution in [3.63, 3.8) is 0 Å². The van der Waals surface area contributed by atoms with Gasteiger partial charge in [0.1, 0.15) is 5.82 Å². The van der Waals surface area contributed by atoms with E-state index in [9.17, 15) is 4.79 Å². The fourth-order valence-electron chi connectivity index (χ4n) is 2.99. The lowest BCUT2D eigenvalue weighted by Gasteiger charge is -2.07. The molecule has 0 saturated heterocycles. The first-order valence-electron chi connectivity index (χ1n) is 8.75. The standard InChI is InChI=1S/C22H17N5O2/c1-29-22(28)14-5-2-13(3-6-14)4-8-17-16(10-11-25-20(17)23)15-7-9-19-18(12-15)21(24)27-26-19/h2-3,5-7,9-12H,1H3,(H2,23,25)(H3,24,26,27). The van der Waals surface area contributed by atoms with Gasteiger partial charge in [0, 0.05) is 22.7 Å². The van der Waals surface area contributed by atoms with E-state index in [-0.39, 0.29) is 0 Å². The van der Waals surface area contributed by atoms with E-state index >= 15 is 0 Å². The Morgan fingerprint density at radius 1 is 1.03 bits per heavy atom. The van der Waals surface area contributed by atoms with Crippen LogP contribution in [0.2, 0.25) is 0 Å². The van der Waals surface area contributed by atoms with Gasteiger partial charge >= 0.3 is 5.97 Å². The van der Waals surface area contributed by atoms with Crippen molar-refractivity contribution in [3.8, 4) is 23.0 Å². The highest BCUT2D eigenvalue weighted by molar-refractivity contribution is 5.93. The molecule has 4 aromatic rings. The average molecular weight is 383 g/mol. The molecule has 142 valence electrons. The van der Waals surface area contributed by atoms with Crippen LogP contribution in [-0.2, 0) is 4.74 Å². The Hall–Kier alpha value is -4.31. The second kappa shape index (κ2) is 7.37. The minimum absolute atomic E-state index is 0.335. The van der Waals surface area contributed by atoms with Crippen LogP contribution < -0.4 is 11.5 Å². The SMILES string of the molecule is COC(=O)c1ccc(C#Cc2c(-c3ccc4[nH]nc(N)c4c3)ccnc2N)cc1. The maximum atomic E-state index is 11.5. The smallest absolute Gasteiger partial charge is 0.337 e. The molecule has 0 amide bonds. The number of esters is 1. The molecule has 2 aromatic heterocycles. The van der Waals surface area contributed by atoms with Gasteiger partial charge in [0.05, 0.1) is 23.8 Å². The molecule has 0 aliphatic carbocycles. The predicted molar refractivity (Wildman–Crippen MR) is 112 cm³/mol. The van der Waals surface area contributed by atoms with Crippen LogP contribution in [-0.4, -0.2) is 28.3 Å². The van der Waals surface area contributed by atoms with Gasteiger partial charge in [-0.15, -0.1) is 0 Å². The Bertz CT molecular complexity index is 1280. The number of nitrogens with one attached hydrogen (secondary N) is 1. The van der Waals surface area contributed by atoms with Gasteiger partial charge in [0.15, 0.2) is 5.82 Å². The molecule has 4 rings (SSSR count). The Labute approximate surface area is 166 Å². The number of aromatic amines is 1. The summed E-state index contributed by atoms with van der Waals surface area (Å²) in [7, 11) is 1.34. The first kappa shape index (κ1) is 18.1. The summed E-state index contributed by atoms with van der Waals surface area (Å²) in [6.45, 7) is 0. The highest BCUT2D eigenvalue weighted by atomic mass is 16.5. The molecule has 0 radical (unpaired) electrons. The molecule has 5 N–H and O–H groups in total. The lowest BCUT2D eigenvalue weighted by atomic mass is 9.99. The van der Waals surface area contributed by atoms with Crippen LogP contribution in [0.15, 0.2) is 54.7 Å². The molecule has 0 aliphatic rings. The Kier molecular flexibility index (Phi) is 4.59. The summed E-state index contributed by atoms with van der Waals surface area (Å²) in [5, 5.41) is 7.74. The normalized spacial score (nSPS) is 10.4. The van der Waals surface area contributed by atoms with Gasteiger partial charge in [-0.05, 0) is 48.0 Å². The van der Waals surface area contributed by atoms with Crippen molar-refractivity contribution < 1.29 is 9.53 Å². The maximum absolute atomic E-state index is 11.5. The first-order chi connectivity index (χ1) is 14.1. The lowest BCUT2D eigenvalue weighted by molar-refractivity contribution is 0.0600. The summed E-state index contributed by atoms with van der Waals surface area (Å²) < 4.78 is 4.70. The number of carbonyl (C=O) groups excluding carboxylic acids is 1. The summed E-state index contributed by atoms with van der Waals surface area (Å²) in [6, 6.07) is 14.5. The number of anilines is 2. The zero-order valence-electron chi connectivity index (χ0n) is 15.6. The number of rotatable bonds is 2. The molecule has 0 bridgehead atoms. The highest BCUT2D eigenvalue weighted by Gasteiger charge is 2.10. The number of aromatic nitrogens is 3. The number of hydrogen-bond acceptors (Lipinski definition) is 6. The monoisotopic (exact) mass is 383 g/mol. The second-order valence-electron chi connectivity index (χ2n) is 6.31. The topological polar surface area (TPSA) is 120 Å². The number of fused-ring (bicyclic) bond motifs is 1. The number of carbonyl (C=O) groups is 1. The lowest BCUT2D eigenvalue weighted by Crippen LogP contribution is -2.00. The molecule has 0 fully saturated rings. The van der Waals surface area contributed by atoms with Crippen LogP contribution >= 0.6 is 0 Å². The second-order valence-corrected chi connectivity index (χ2v) is 6.31. The van der Waals surface area contributed by atoms with Gasteiger partial charge in [-0.1, -0.05) is 17.9 Å². The van der Waals surface area contributed by atoms with Crippen LogP contribution in [0.25, 0.3) is 22.0 Å². The largest absolute Gasteiger partial charge is 0.465 e. The van der Waals surface area contributed by atoms with Crippen LogP contribution in [0.5, 0.6) is 0 Å². The van der Waals surface area contributed by atoms with Gasteiger partial charge in [-0.2, -0.15) is 5.10 Å². The quantitative estimate of drug-likeness (QED) is 0.362. The third-order valence-electron chi connectivity index (χ3n) is 4.52. The van der Waals surface area contributed by atoms with E-state index in [1.54, 1.807) is 30.5 Å². The Morgan fingerprint density at radius 2 is 1.83 bits per heavy atom. The fraction of sp³-hybridized carbons (Fsp3) is 0.0455. The summed E-state index contributed by atoms with van der Waals surface area (Å²) in [6.07, 6.45) is 1.64. The zero-order valence-corrected chi connectivity index (χ0v) is 15.6. The summed E-state index contributed by atoms with van der Waals surface area (Å²) in [5.74, 6) is 6.56. The van der Waals surface area contributed by atoms with E-state index < -0.39 is 5.97 Å². The van der Waals surface area contributed by atoms with E-state index in [1.165, 1.54) is 7.11 Å². The van der Waals surface area contributed by atoms with Crippen LogP contribution in [0.3, 0.4) is 0 Å². The van der Waals surface area contributed by atoms with Crippen molar-refractivity contribution in [2.45, 2.75) is 0 Å². The molecule has 0 aliphatic heterocycles. The van der Waals surface area contributed by atoms with Gasteiger partial charge in [-0.3, -0.25) is 5.10 Å². The highest BCUT2D eigenvalue weighted by Crippen LogP contribution is 2.30. The van der Waals surface area contributed by atoms with Crippen molar-refractivity contribution >= 4 is 28.5 Å². The van der Waals surface area contributed by atoms with E-state index in [0.717, 1.165) is 27.6 Å². The molecule has 7 nitrogen and oxygen atoms in total. The van der Waals surface area contributed by atoms with Gasteiger partial charge in [-0.25, -0.2) is 9.78 Å². The van der Waals surface area contributed by atoms with Crippen molar-refractivity contribution in [1.29, 1.82) is 0 Å². The van der Waals surface area contributed by atoms with Crippen molar-refractivity contribution in [2.24, 2.45) is 0 Å². The summed E-state index contributed by atoms with van der Waals surface area (Å²) in [5.41, 5.74) is 16.5. The predicted octanol–water partition coefficient (Wildman–Crippen LogP) is 2.98. The number of nitrogens with two attached hydrogens (primary N) is 2. The van der Waals surface area contributed by atoms with Crippen LogP contribution in [0.1, 0.15) is 21.5 Å². The van der Waals surface area contributed by atoms with Crippen molar-refractivity contribution in [3.05, 3.63) is 71.4 Å². The molecule has 0 atom stereocenters. The van der Waals surface area contributed by atoms with E-state index in [2.05, 4.69) is 27.0 Å². The maximum Gasteiger partial charge on any atom is 0.337 e. The van der Waals surface area contributed by atoms with Crippen molar-refractivity contribution in [2.75, 3.05) is 18.6 Å². The number of nitrogen functional groups attached to an aromatic ring is 2. The third-order valence-corrected chi connectivity index (χ3v) is 4.52. The molecule has 7 heteroatoms. The number of ether oxygens (including phenoxy) is 1. The minimum atomic E-state index is -0.391. The molecule has 0 saturated carbocycles. The van der Waals surface area contributed by atoms with Crippen LogP contribution in [0.4, 0.5) is 11.6 Å². The first-order valence-corrected chi connectivity index (χ1v) is 8.75. The van der Waals surface area contributed by atoms with Gasteiger partial charge < -0.3 is 16.2 Å². The van der Waals surface area contributed by atoms with E-state index in [0.29, 0.717) is 22.8 Å². The van der Waals surface area contributed by atoms with E-state index in [1.807, 2.05) is 24.3 Å². The number of nitrogens with zero attached hydrogens (tertiary/aromatic N) is 2. The number of benzene rings is 2. The third kappa shape index (κ3) is 3.47. The number of pyridine rings is 1. The molecular weight excluding hydrogens is 366 g/mol. The summed E-state index contributed by atoms with van der Waals surface area (Å²) >= 11 is 0. The zero-order chi connectivity index (χ0) is 20.4. The molecule has 0 spiro atoms. The minimum Gasteiger partial charge on any atom is -0.465 e. The Balaban J connectivity index is 1.75. The molecule has 2 heterocycles. The van der Waals surface area contributed by atoms with Crippen molar-refractivity contribution in [1.82, 2.24) is 15.2 Å². The van der Waals surface area contributed by atoms with Gasteiger partial charge in [0.25, 0.3) is 0 Å². The molecular formula is C22H17N5O2. The molecule has 2 aromatic carbocycles. The summed E-state index contributed by atoms with van der Waals surface area (Å²) in [4.78, 5) is 15.7. The fourth-order valence-corrected chi connectivity index (χ4v) is 2.99. The Morgan fingerprint density at radius 3 is 2.59 bits per heavy atom. The van der Waals surface area contributed by atoms with Crippen LogP contribution in [0, 0.1) is 11.8 Å². The molecule has 0 unspecified atom stereocenters. The van der Waals surface area contributed by atoms with E-state index in [4.69, 9.17) is 16.2 Å².